The largest absolute Gasteiger partial charge is 0.479 e. The van der Waals surface area contributed by atoms with Crippen LogP contribution in [0, 0.1) is 18.2 Å². The Kier molecular flexibility index (Phi) is 7.05. The molecule has 11 heteroatoms. The van der Waals surface area contributed by atoms with Crippen molar-refractivity contribution in [3.8, 4) is 18.1 Å². The highest BCUT2D eigenvalue weighted by atomic mass is 32.2. The first-order valence-electron chi connectivity index (χ1n) is 10.6. The molecule has 182 valence electrons. The van der Waals surface area contributed by atoms with Gasteiger partial charge in [0.1, 0.15) is 42.2 Å². The van der Waals surface area contributed by atoms with Crippen LogP contribution in [0.3, 0.4) is 0 Å². The maximum atomic E-state index is 15.1. The van der Waals surface area contributed by atoms with Gasteiger partial charge in [0.15, 0.2) is 11.0 Å². The van der Waals surface area contributed by atoms with Gasteiger partial charge in [-0.05, 0) is 31.5 Å². The fourth-order valence-electron chi connectivity index (χ4n) is 4.19. The normalized spacial score (nSPS) is 21.9. The zero-order valence-electron chi connectivity index (χ0n) is 19.2. The Labute approximate surface area is 205 Å². The zero-order valence-corrected chi connectivity index (χ0v) is 20.0. The summed E-state index contributed by atoms with van der Waals surface area (Å²) >= 11 is 1.30. The first-order valence-corrected chi connectivity index (χ1v) is 11.5. The second kappa shape index (κ2) is 10.0. The molecule has 1 aliphatic heterocycles. The molecule has 3 heterocycles. The Morgan fingerprint density at radius 1 is 1.29 bits per heavy atom. The number of halogens is 2. The van der Waals surface area contributed by atoms with Crippen LogP contribution in [-0.4, -0.2) is 51.9 Å². The van der Waals surface area contributed by atoms with E-state index in [1.54, 1.807) is 13.2 Å². The monoisotopic (exact) mass is 498 g/mol. The number of hydrogen-bond donors (Lipinski definition) is 2. The van der Waals surface area contributed by atoms with Gasteiger partial charge in [-0.2, -0.15) is 0 Å². The van der Waals surface area contributed by atoms with Crippen molar-refractivity contribution in [1.29, 1.82) is 0 Å². The molecule has 0 fully saturated rings. The fraction of sp³-hybridized carbons (Fsp3) is 0.333. The number of thioether (sulfide) groups is 1. The molecule has 0 amide bonds. The van der Waals surface area contributed by atoms with E-state index in [2.05, 4.69) is 31.2 Å². The van der Waals surface area contributed by atoms with Crippen molar-refractivity contribution in [3.63, 3.8) is 0 Å². The van der Waals surface area contributed by atoms with Crippen LogP contribution in [0.2, 0.25) is 0 Å². The Bertz CT molecular complexity index is 1320. The molecule has 4 rings (SSSR count). The van der Waals surface area contributed by atoms with E-state index in [-0.39, 0.29) is 23.8 Å². The summed E-state index contributed by atoms with van der Waals surface area (Å²) < 4.78 is 39.8. The number of ether oxygens (including phenoxy) is 2. The van der Waals surface area contributed by atoms with E-state index in [0.29, 0.717) is 34.9 Å². The van der Waals surface area contributed by atoms with E-state index >= 15 is 4.39 Å². The van der Waals surface area contributed by atoms with E-state index in [9.17, 15) is 4.39 Å². The third-order valence-electron chi connectivity index (χ3n) is 5.52. The van der Waals surface area contributed by atoms with E-state index in [4.69, 9.17) is 21.6 Å². The molecule has 0 bridgehead atoms. The highest BCUT2D eigenvalue weighted by molar-refractivity contribution is 8.15. The molecule has 8 nitrogen and oxygen atoms in total. The third-order valence-corrected chi connectivity index (χ3v) is 6.57. The fourth-order valence-corrected chi connectivity index (χ4v) is 5.40. The smallest absolute Gasteiger partial charge is 0.160 e. The number of nitrogens with two attached hydrogens (primary N) is 1. The molecule has 0 saturated heterocycles. The van der Waals surface area contributed by atoms with Crippen molar-refractivity contribution >= 4 is 39.5 Å². The zero-order chi connectivity index (χ0) is 25.1. The Morgan fingerprint density at radius 3 is 2.86 bits per heavy atom. The number of nitrogens with zero attached hydrogens (tertiary/aromatic N) is 4. The Hall–Kier alpha value is -3.49. The molecule has 0 aliphatic carbocycles. The summed E-state index contributed by atoms with van der Waals surface area (Å²) in [5.41, 5.74) is 6.12. The summed E-state index contributed by atoms with van der Waals surface area (Å²) in [5.74, 6) is 2.66. The lowest BCUT2D eigenvalue weighted by Crippen LogP contribution is -2.45. The van der Waals surface area contributed by atoms with E-state index in [0.717, 1.165) is 0 Å². The predicted molar refractivity (Wildman–Crippen MR) is 133 cm³/mol. The van der Waals surface area contributed by atoms with Gasteiger partial charge in [-0.3, -0.25) is 0 Å². The minimum Gasteiger partial charge on any atom is -0.479 e. The molecule has 3 N–H and O–H groups in total. The number of benzene rings is 1. The lowest BCUT2D eigenvalue weighted by Gasteiger charge is -2.41. The summed E-state index contributed by atoms with van der Waals surface area (Å²) in [4.78, 5) is 17.2. The summed E-state index contributed by atoms with van der Waals surface area (Å²) in [6.07, 6.45) is 8.31. The van der Waals surface area contributed by atoms with Crippen molar-refractivity contribution in [2.24, 2.45) is 10.7 Å². The summed E-state index contributed by atoms with van der Waals surface area (Å²) in [6.45, 7) is 1.38. The lowest BCUT2D eigenvalue weighted by molar-refractivity contribution is 0.148. The number of amidine groups is 1. The van der Waals surface area contributed by atoms with Gasteiger partial charge in [-0.15, -0.1) is 6.42 Å². The van der Waals surface area contributed by atoms with E-state index in [1.807, 2.05) is 6.92 Å². The van der Waals surface area contributed by atoms with Crippen molar-refractivity contribution in [3.05, 3.63) is 48.2 Å². The van der Waals surface area contributed by atoms with Gasteiger partial charge < -0.3 is 20.5 Å². The number of rotatable bonds is 8. The Morgan fingerprint density at radius 2 is 2.11 bits per heavy atom. The first-order chi connectivity index (χ1) is 16.8. The van der Waals surface area contributed by atoms with Gasteiger partial charge in [0.2, 0.25) is 0 Å². The Balaban J connectivity index is 1.70. The molecular weight excluding hydrogens is 474 g/mol. The molecule has 2 aromatic heterocycles. The number of nitrogens with one attached hydrogen (secondary N) is 1. The second-order valence-electron chi connectivity index (χ2n) is 8.35. The van der Waals surface area contributed by atoms with Crippen LogP contribution in [0.25, 0.3) is 11.0 Å². The number of pyridine rings is 1. The van der Waals surface area contributed by atoms with Gasteiger partial charge in [0, 0.05) is 29.2 Å². The second-order valence-corrected chi connectivity index (χ2v) is 9.96. The summed E-state index contributed by atoms with van der Waals surface area (Å²) in [7, 11) is 1.56. The highest BCUT2D eigenvalue weighted by Gasteiger charge is 2.46. The minimum absolute atomic E-state index is 0.0897. The number of anilines is 2. The van der Waals surface area contributed by atoms with Crippen LogP contribution in [0.15, 0.2) is 41.8 Å². The number of aliphatic imine (C=N–C) groups is 1. The van der Waals surface area contributed by atoms with Crippen LogP contribution < -0.4 is 15.8 Å². The maximum Gasteiger partial charge on any atom is 0.160 e. The number of fused-ring (bicyclic) bond motifs is 1. The molecule has 35 heavy (non-hydrogen) atoms. The summed E-state index contributed by atoms with van der Waals surface area (Å²) in [5, 5.41) is 3.31. The average Bonchev–Trinajstić information content (AvgIpc) is 2.83. The number of hydrogen-bond acceptors (Lipinski definition) is 9. The van der Waals surface area contributed by atoms with Crippen LogP contribution in [0.4, 0.5) is 20.3 Å². The molecule has 1 aromatic carbocycles. The molecule has 0 unspecified atom stereocenters. The SMILES string of the molecule is C#CCOc1cnc2c(Nc3ccc(F)c([C@]4(CF)C[C@](C)(COC)SC(N)=N4)c3)ncnc2c1. The number of terminal acetylenes is 1. The van der Waals surface area contributed by atoms with Crippen LogP contribution in [0.1, 0.15) is 18.9 Å². The van der Waals surface area contributed by atoms with Gasteiger partial charge in [-0.1, -0.05) is 17.7 Å². The number of alkyl halides is 1. The van der Waals surface area contributed by atoms with Gasteiger partial charge in [0.25, 0.3) is 0 Å². The summed E-state index contributed by atoms with van der Waals surface area (Å²) in [6, 6.07) is 6.00. The molecule has 3 aromatic rings. The van der Waals surface area contributed by atoms with Crippen LogP contribution >= 0.6 is 11.8 Å². The van der Waals surface area contributed by atoms with Crippen molar-refractivity contribution in [1.82, 2.24) is 15.0 Å². The maximum absolute atomic E-state index is 15.1. The molecule has 1 aliphatic rings. The molecule has 0 radical (unpaired) electrons. The first kappa shape index (κ1) is 24.6. The lowest BCUT2D eigenvalue weighted by atomic mass is 9.82. The van der Waals surface area contributed by atoms with Crippen molar-refractivity contribution < 1.29 is 18.3 Å². The van der Waals surface area contributed by atoms with Crippen molar-refractivity contribution in [2.75, 3.05) is 32.3 Å². The molecule has 0 saturated carbocycles. The molecular formula is C24H24F2N6O2S. The molecule has 0 spiro atoms. The van der Waals surface area contributed by atoms with E-state index in [1.165, 1.54) is 42.5 Å². The standard InChI is InChI=1S/C24H24F2N6O2S/c1-4-7-34-16-9-19-20(28-10-16)21(30-14-29-19)31-15-5-6-18(26)17(8-15)24(12-25)11-23(2,13-33-3)35-22(27)32-24/h1,5-6,8-10,14H,7,11-13H2,2-3H3,(H2,27,32)(H,29,30,31)/t23-,24-/m1/s1. The highest BCUT2D eigenvalue weighted by Crippen LogP contribution is 2.47. The number of aromatic nitrogens is 3. The minimum atomic E-state index is -1.49. The van der Waals surface area contributed by atoms with E-state index < -0.39 is 22.8 Å². The average molecular weight is 499 g/mol. The topological polar surface area (TPSA) is 108 Å². The van der Waals surface area contributed by atoms with Crippen LogP contribution in [-0.2, 0) is 10.3 Å². The third kappa shape index (κ3) is 5.13. The van der Waals surface area contributed by atoms with Gasteiger partial charge >= 0.3 is 0 Å². The predicted octanol–water partition coefficient (Wildman–Crippen LogP) is 3.94. The van der Waals surface area contributed by atoms with Gasteiger partial charge in [-0.25, -0.2) is 28.7 Å². The van der Waals surface area contributed by atoms with Crippen molar-refractivity contribution in [2.45, 2.75) is 23.6 Å². The molecule has 2 atom stereocenters. The van der Waals surface area contributed by atoms with Gasteiger partial charge in [0.05, 0.1) is 18.3 Å². The van der Waals surface area contributed by atoms with Crippen LogP contribution in [0.5, 0.6) is 5.75 Å². The number of methoxy groups -OCH3 is 1. The quantitative estimate of drug-likeness (QED) is 0.450.